The van der Waals surface area contributed by atoms with E-state index < -0.39 is 0 Å². The predicted molar refractivity (Wildman–Crippen MR) is 115 cm³/mol. The second-order valence-electron chi connectivity index (χ2n) is 5.74. The number of guanidine groups is 1. The van der Waals surface area contributed by atoms with E-state index in [1.165, 1.54) is 11.1 Å². The van der Waals surface area contributed by atoms with Gasteiger partial charge in [0.25, 0.3) is 0 Å². The van der Waals surface area contributed by atoms with Gasteiger partial charge in [0.1, 0.15) is 5.82 Å². The van der Waals surface area contributed by atoms with E-state index >= 15 is 0 Å². The number of halogens is 2. The summed E-state index contributed by atoms with van der Waals surface area (Å²) >= 11 is 1.75. The van der Waals surface area contributed by atoms with E-state index in [1.54, 1.807) is 30.5 Å². The second-order valence-corrected chi connectivity index (χ2v) is 6.67. The minimum absolute atomic E-state index is 0. The molecule has 0 aliphatic carbocycles. The van der Waals surface area contributed by atoms with Gasteiger partial charge < -0.3 is 15.1 Å². The minimum atomic E-state index is -0.371. The molecule has 1 aromatic carbocycles. The predicted octanol–water partition coefficient (Wildman–Crippen LogP) is 3.27. The molecule has 0 radical (unpaired) electrons. The van der Waals surface area contributed by atoms with Crippen LogP contribution >= 0.6 is 35.3 Å². The van der Waals surface area contributed by atoms with Gasteiger partial charge in [-0.3, -0.25) is 4.99 Å². The number of thiophene rings is 1. The molecule has 0 saturated carbocycles. The SMILES string of the molecule is CN=C(NCc1ccc(C#N)cc1F)N1CCN(c2cccs2)CC1.I. The molecule has 1 N–H and O–H groups in total. The number of nitriles is 1. The average molecular weight is 485 g/mol. The van der Waals surface area contributed by atoms with Crippen molar-refractivity contribution in [1.82, 2.24) is 10.2 Å². The van der Waals surface area contributed by atoms with Gasteiger partial charge in [-0.05, 0) is 29.6 Å². The highest BCUT2D eigenvalue weighted by Gasteiger charge is 2.20. The van der Waals surface area contributed by atoms with Crippen molar-refractivity contribution in [2.24, 2.45) is 4.99 Å². The minimum Gasteiger partial charge on any atom is -0.360 e. The van der Waals surface area contributed by atoms with Crippen molar-refractivity contribution in [1.29, 1.82) is 5.26 Å². The van der Waals surface area contributed by atoms with Gasteiger partial charge in [-0.15, -0.1) is 35.3 Å². The summed E-state index contributed by atoms with van der Waals surface area (Å²) in [5.74, 6) is 0.402. The van der Waals surface area contributed by atoms with E-state index in [9.17, 15) is 4.39 Å². The van der Waals surface area contributed by atoms with Gasteiger partial charge in [0.2, 0.25) is 0 Å². The molecule has 138 valence electrons. The number of nitrogens with one attached hydrogen (secondary N) is 1. The molecule has 1 aliphatic rings. The molecule has 2 aromatic rings. The number of benzene rings is 1. The molecule has 1 aliphatic heterocycles. The number of nitrogens with zero attached hydrogens (tertiary/aromatic N) is 4. The topological polar surface area (TPSA) is 54.7 Å². The quantitative estimate of drug-likeness (QED) is 0.412. The Bertz CT molecular complexity index is 779. The lowest BCUT2D eigenvalue weighted by molar-refractivity contribution is 0.373. The first kappa shape index (κ1) is 20.5. The van der Waals surface area contributed by atoms with Crippen LogP contribution in [-0.2, 0) is 6.54 Å². The molecule has 2 heterocycles. The smallest absolute Gasteiger partial charge is 0.194 e. The van der Waals surface area contributed by atoms with Gasteiger partial charge in [-0.1, -0.05) is 6.07 Å². The van der Waals surface area contributed by atoms with Crippen LogP contribution < -0.4 is 10.2 Å². The highest BCUT2D eigenvalue weighted by molar-refractivity contribution is 14.0. The van der Waals surface area contributed by atoms with Gasteiger partial charge in [0.05, 0.1) is 16.6 Å². The molecule has 8 heteroatoms. The lowest BCUT2D eigenvalue weighted by Crippen LogP contribution is -2.52. The van der Waals surface area contributed by atoms with Crippen LogP contribution in [0.2, 0.25) is 0 Å². The first-order chi connectivity index (χ1) is 12.2. The Kier molecular flexibility index (Phi) is 7.66. The monoisotopic (exact) mass is 485 g/mol. The summed E-state index contributed by atoms with van der Waals surface area (Å²) in [5.41, 5.74) is 0.854. The summed E-state index contributed by atoms with van der Waals surface area (Å²) in [6, 6.07) is 10.7. The number of rotatable bonds is 3. The number of anilines is 1. The first-order valence-corrected chi connectivity index (χ1v) is 9.02. The number of piperazine rings is 1. The van der Waals surface area contributed by atoms with E-state index in [-0.39, 0.29) is 29.8 Å². The first-order valence-electron chi connectivity index (χ1n) is 8.14. The second kappa shape index (κ2) is 9.73. The number of hydrogen-bond donors (Lipinski definition) is 1. The standard InChI is InChI=1S/C18H20FN5S.HI/c1-21-18(22-13-15-5-4-14(12-20)11-16(15)19)24-8-6-23(7-9-24)17-3-2-10-25-17;/h2-5,10-11H,6-9,13H2,1H3,(H,21,22);1H. The summed E-state index contributed by atoms with van der Waals surface area (Å²) in [6.07, 6.45) is 0. The van der Waals surface area contributed by atoms with Crippen LogP contribution in [0, 0.1) is 17.1 Å². The third kappa shape index (κ3) is 4.86. The molecule has 0 atom stereocenters. The fourth-order valence-corrected chi connectivity index (χ4v) is 3.64. The largest absolute Gasteiger partial charge is 0.360 e. The maximum atomic E-state index is 14.0. The van der Waals surface area contributed by atoms with E-state index in [0.717, 1.165) is 32.1 Å². The van der Waals surface area contributed by atoms with E-state index in [4.69, 9.17) is 5.26 Å². The van der Waals surface area contributed by atoms with Crippen LogP contribution in [0.25, 0.3) is 0 Å². The zero-order valence-electron chi connectivity index (χ0n) is 14.5. The normalized spacial score (nSPS) is 14.6. The van der Waals surface area contributed by atoms with Crippen LogP contribution in [0.1, 0.15) is 11.1 Å². The fraction of sp³-hybridized carbons (Fsp3) is 0.333. The van der Waals surface area contributed by atoms with Gasteiger partial charge in [0.15, 0.2) is 5.96 Å². The van der Waals surface area contributed by atoms with Crippen molar-refractivity contribution >= 4 is 46.3 Å². The molecule has 1 aromatic heterocycles. The van der Waals surface area contributed by atoms with E-state index in [1.807, 2.05) is 6.07 Å². The molecule has 1 saturated heterocycles. The van der Waals surface area contributed by atoms with Gasteiger partial charge in [0, 0.05) is 45.3 Å². The molecular formula is C18H21FIN5S. The van der Waals surface area contributed by atoms with Crippen molar-refractivity contribution in [2.45, 2.75) is 6.54 Å². The van der Waals surface area contributed by atoms with Crippen molar-refractivity contribution in [3.63, 3.8) is 0 Å². The van der Waals surface area contributed by atoms with Crippen LogP contribution in [0.3, 0.4) is 0 Å². The highest BCUT2D eigenvalue weighted by Crippen LogP contribution is 2.22. The molecule has 0 amide bonds. The van der Waals surface area contributed by atoms with Gasteiger partial charge in [-0.25, -0.2) is 4.39 Å². The zero-order chi connectivity index (χ0) is 17.6. The summed E-state index contributed by atoms with van der Waals surface area (Å²) in [5, 5.41) is 15.4. The fourth-order valence-electron chi connectivity index (χ4n) is 2.86. The van der Waals surface area contributed by atoms with Crippen LogP contribution in [-0.4, -0.2) is 44.1 Å². The third-order valence-electron chi connectivity index (χ3n) is 4.23. The maximum Gasteiger partial charge on any atom is 0.194 e. The van der Waals surface area contributed by atoms with Crippen molar-refractivity contribution < 1.29 is 4.39 Å². The van der Waals surface area contributed by atoms with Crippen LogP contribution in [0.4, 0.5) is 9.39 Å². The number of hydrogen-bond acceptors (Lipinski definition) is 4. The molecule has 0 unspecified atom stereocenters. The Morgan fingerprint density at radius 3 is 2.65 bits per heavy atom. The Labute approximate surface area is 174 Å². The third-order valence-corrected chi connectivity index (χ3v) is 5.16. The van der Waals surface area contributed by atoms with Crippen LogP contribution in [0.5, 0.6) is 0 Å². The molecule has 3 rings (SSSR count). The molecule has 5 nitrogen and oxygen atoms in total. The van der Waals surface area contributed by atoms with E-state index in [0.29, 0.717) is 17.7 Å². The molecule has 0 spiro atoms. The van der Waals surface area contributed by atoms with E-state index in [2.05, 4.69) is 37.6 Å². The Hall–Kier alpha value is -1.86. The summed E-state index contributed by atoms with van der Waals surface area (Å²) in [4.78, 5) is 8.87. The van der Waals surface area contributed by atoms with Crippen molar-refractivity contribution in [3.8, 4) is 6.07 Å². The molecular weight excluding hydrogens is 464 g/mol. The van der Waals surface area contributed by atoms with Gasteiger partial charge in [-0.2, -0.15) is 5.26 Å². The average Bonchev–Trinajstić information content (AvgIpc) is 3.18. The summed E-state index contributed by atoms with van der Waals surface area (Å²) in [7, 11) is 1.74. The zero-order valence-corrected chi connectivity index (χ0v) is 17.6. The molecule has 1 fully saturated rings. The maximum absolute atomic E-state index is 14.0. The lowest BCUT2D eigenvalue weighted by Gasteiger charge is -2.37. The van der Waals surface area contributed by atoms with Crippen molar-refractivity contribution in [3.05, 3.63) is 52.7 Å². The van der Waals surface area contributed by atoms with Crippen molar-refractivity contribution in [2.75, 3.05) is 38.1 Å². The molecule has 0 bridgehead atoms. The lowest BCUT2D eigenvalue weighted by atomic mass is 10.1. The highest BCUT2D eigenvalue weighted by atomic mass is 127. The summed E-state index contributed by atoms with van der Waals surface area (Å²) < 4.78 is 14.0. The molecule has 26 heavy (non-hydrogen) atoms. The summed E-state index contributed by atoms with van der Waals surface area (Å²) in [6.45, 7) is 3.95. The Balaban J connectivity index is 0.00000243. The van der Waals surface area contributed by atoms with Gasteiger partial charge >= 0.3 is 0 Å². The Morgan fingerprint density at radius 2 is 2.08 bits per heavy atom. The number of aliphatic imine (C=N–C) groups is 1. The Morgan fingerprint density at radius 1 is 1.31 bits per heavy atom. The van der Waals surface area contributed by atoms with Crippen LogP contribution in [0.15, 0.2) is 40.7 Å².